The van der Waals surface area contributed by atoms with Gasteiger partial charge in [-0.25, -0.2) is 13.4 Å². The van der Waals surface area contributed by atoms with Crippen LogP contribution in [0, 0.1) is 11.3 Å². The monoisotopic (exact) mass is 299 g/mol. The third-order valence-corrected chi connectivity index (χ3v) is 5.72. The maximum absolute atomic E-state index is 12.2. The normalized spacial score (nSPS) is 12.9. The molecule has 0 N–H and O–H groups in total. The average Bonchev–Trinajstić information content (AvgIpc) is 2.86. The van der Waals surface area contributed by atoms with Crippen LogP contribution >= 0.6 is 22.9 Å². The number of nitrogens with zero attached hydrogens (tertiary/aromatic N) is 3. The van der Waals surface area contributed by atoms with E-state index >= 15 is 0 Å². The second-order valence-electron chi connectivity index (χ2n) is 3.22. The quantitative estimate of drug-likeness (QED) is 0.867. The number of nitriles is 1. The molecule has 0 aliphatic carbocycles. The standard InChI is InChI=1S/C10H6ClN3O2S2/c11-10-9(13-3-4-14-10)7(6-12)18(15,16)8-2-1-5-17-8/h1-5,7H/t7-/m0/s1. The van der Waals surface area contributed by atoms with Crippen molar-refractivity contribution in [1.82, 2.24) is 9.97 Å². The van der Waals surface area contributed by atoms with Gasteiger partial charge in [-0.3, -0.25) is 4.98 Å². The molecule has 0 aliphatic rings. The van der Waals surface area contributed by atoms with E-state index in [4.69, 9.17) is 16.9 Å². The lowest BCUT2D eigenvalue weighted by Gasteiger charge is -2.09. The molecule has 0 aliphatic heterocycles. The van der Waals surface area contributed by atoms with E-state index in [1.807, 2.05) is 0 Å². The molecule has 0 bridgehead atoms. The van der Waals surface area contributed by atoms with Crippen LogP contribution in [0.25, 0.3) is 0 Å². The highest BCUT2D eigenvalue weighted by atomic mass is 35.5. The molecule has 1 atom stereocenters. The van der Waals surface area contributed by atoms with Gasteiger partial charge in [0.15, 0.2) is 10.4 Å². The summed E-state index contributed by atoms with van der Waals surface area (Å²) in [6, 6.07) is 4.76. The summed E-state index contributed by atoms with van der Waals surface area (Å²) >= 11 is 6.82. The number of aromatic nitrogens is 2. The minimum absolute atomic E-state index is 0.0462. The maximum atomic E-state index is 12.2. The molecule has 0 saturated heterocycles. The fourth-order valence-electron chi connectivity index (χ4n) is 1.33. The molecule has 18 heavy (non-hydrogen) atoms. The van der Waals surface area contributed by atoms with Crippen LogP contribution in [0.3, 0.4) is 0 Å². The highest BCUT2D eigenvalue weighted by Crippen LogP contribution is 2.32. The Hall–Kier alpha value is -1.49. The smallest absolute Gasteiger partial charge is 0.209 e. The first-order chi connectivity index (χ1) is 8.57. The minimum atomic E-state index is -3.81. The fourth-order valence-corrected chi connectivity index (χ4v) is 4.15. The molecule has 0 amide bonds. The van der Waals surface area contributed by atoms with Gasteiger partial charge in [-0.15, -0.1) is 11.3 Å². The zero-order valence-corrected chi connectivity index (χ0v) is 11.2. The summed E-state index contributed by atoms with van der Waals surface area (Å²) in [6.07, 6.45) is 2.63. The van der Waals surface area contributed by atoms with Gasteiger partial charge in [0.05, 0.1) is 6.07 Å². The Morgan fingerprint density at radius 2 is 2.11 bits per heavy atom. The predicted octanol–water partition coefficient (Wildman–Crippen LogP) is 2.23. The Bertz CT molecular complexity index is 692. The van der Waals surface area contributed by atoms with Crippen LogP contribution in [0.15, 0.2) is 34.1 Å². The molecule has 2 rings (SSSR count). The van der Waals surface area contributed by atoms with Crippen LogP contribution in [0.1, 0.15) is 10.9 Å². The molecule has 8 heteroatoms. The van der Waals surface area contributed by atoms with E-state index in [2.05, 4.69) is 9.97 Å². The van der Waals surface area contributed by atoms with Crippen molar-refractivity contribution in [2.24, 2.45) is 0 Å². The summed E-state index contributed by atoms with van der Waals surface area (Å²) in [6.45, 7) is 0. The zero-order valence-electron chi connectivity index (χ0n) is 8.82. The van der Waals surface area contributed by atoms with E-state index in [0.717, 1.165) is 11.3 Å². The number of sulfone groups is 1. The van der Waals surface area contributed by atoms with Crippen molar-refractivity contribution in [3.8, 4) is 6.07 Å². The Morgan fingerprint density at radius 3 is 2.67 bits per heavy atom. The van der Waals surface area contributed by atoms with Gasteiger partial charge in [0.25, 0.3) is 0 Å². The second-order valence-corrected chi connectivity index (χ2v) is 6.78. The topological polar surface area (TPSA) is 83.7 Å². The van der Waals surface area contributed by atoms with Gasteiger partial charge in [0, 0.05) is 12.4 Å². The first kappa shape index (κ1) is 13.0. The lowest BCUT2D eigenvalue weighted by molar-refractivity contribution is 0.592. The Kier molecular flexibility index (Phi) is 3.61. The molecule has 0 saturated carbocycles. The lowest BCUT2D eigenvalue weighted by atomic mass is 10.3. The number of rotatable bonds is 3. The summed E-state index contributed by atoms with van der Waals surface area (Å²) in [7, 11) is -3.81. The summed E-state index contributed by atoms with van der Waals surface area (Å²) in [4.78, 5) is 7.57. The molecule has 2 aromatic heterocycles. The molecule has 92 valence electrons. The molecule has 5 nitrogen and oxygen atoms in total. The van der Waals surface area contributed by atoms with E-state index in [0.29, 0.717) is 0 Å². The van der Waals surface area contributed by atoms with Gasteiger partial charge in [-0.1, -0.05) is 17.7 Å². The molecule has 0 radical (unpaired) electrons. The van der Waals surface area contributed by atoms with Crippen LogP contribution in [-0.2, 0) is 9.84 Å². The predicted molar refractivity (Wildman–Crippen MR) is 66.9 cm³/mol. The van der Waals surface area contributed by atoms with Crippen molar-refractivity contribution in [3.63, 3.8) is 0 Å². The van der Waals surface area contributed by atoms with Gasteiger partial charge in [0.1, 0.15) is 9.90 Å². The maximum Gasteiger partial charge on any atom is 0.209 e. The summed E-state index contributed by atoms with van der Waals surface area (Å²) in [5.74, 6) is 0. The van der Waals surface area contributed by atoms with Crippen LogP contribution in [0.4, 0.5) is 0 Å². The molecular weight excluding hydrogens is 294 g/mol. The van der Waals surface area contributed by atoms with Crippen molar-refractivity contribution >= 4 is 32.8 Å². The van der Waals surface area contributed by atoms with Crippen LogP contribution in [-0.4, -0.2) is 18.4 Å². The molecular formula is C10H6ClN3O2S2. The first-order valence-electron chi connectivity index (χ1n) is 4.71. The fraction of sp³-hybridized carbons (Fsp3) is 0.100. The minimum Gasteiger partial charge on any atom is -0.254 e. The second kappa shape index (κ2) is 5.02. The Labute approximate surface area is 113 Å². The number of hydrogen-bond donors (Lipinski definition) is 0. The van der Waals surface area contributed by atoms with Gasteiger partial charge < -0.3 is 0 Å². The van der Waals surface area contributed by atoms with Crippen molar-refractivity contribution in [1.29, 1.82) is 5.26 Å². The molecule has 0 unspecified atom stereocenters. The van der Waals surface area contributed by atoms with Gasteiger partial charge in [-0.2, -0.15) is 5.26 Å². The van der Waals surface area contributed by atoms with Crippen LogP contribution in [0.5, 0.6) is 0 Å². The summed E-state index contributed by atoms with van der Waals surface area (Å²) in [5.41, 5.74) is -0.0462. The molecule has 0 aromatic carbocycles. The van der Waals surface area contributed by atoms with E-state index in [9.17, 15) is 8.42 Å². The van der Waals surface area contributed by atoms with E-state index in [1.165, 1.54) is 18.5 Å². The number of halogens is 1. The van der Waals surface area contributed by atoms with Crippen LogP contribution < -0.4 is 0 Å². The lowest BCUT2D eigenvalue weighted by Crippen LogP contribution is -2.13. The van der Waals surface area contributed by atoms with Crippen molar-refractivity contribution in [3.05, 3.63) is 40.8 Å². The average molecular weight is 300 g/mol. The SMILES string of the molecule is N#C[C@@H](c1nccnc1Cl)S(=O)(=O)c1cccs1. The molecule has 0 spiro atoms. The Balaban J connectivity index is 2.56. The van der Waals surface area contributed by atoms with Crippen molar-refractivity contribution in [2.45, 2.75) is 9.46 Å². The number of hydrogen-bond acceptors (Lipinski definition) is 6. The molecule has 2 aromatic rings. The largest absolute Gasteiger partial charge is 0.254 e. The van der Waals surface area contributed by atoms with Gasteiger partial charge in [0.2, 0.25) is 9.84 Å². The first-order valence-corrected chi connectivity index (χ1v) is 7.51. The third kappa shape index (κ3) is 2.22. The highest BCUT2D eigenvalue weighted by molar-refractivity contribution is 7.93. The summed E-state index contributed by atoms with van der Waals surface area (Å²) < 4.78 is 24.6. The van der Waals surface area contributed by atoms with Crippen molar-refractivity contribution in [2.75, 3.05) is 0 Å². The zero-order chi connectivity index (χ0) is 13.2. The van der Waals surface area contributed by atoms with E-state index in [1.54, 1.807) is 17.5 Å². The van der Waals surface area contributed by atoms with E-state index < -0.39 is 15.1 Å². The van der Waals surface area contributed by atoms with Gasteiger partial charge in [-0.05, 0) is 11.4 Å². The molecule has 0 fully saturated rings. The highest BCUT2D eigenvalue weighted by Gasteiger charge is 2.33. The van der Waals surface area contributed by atoms with Crippen LogP contribution in [0.2, 0.25) is 5.15 Å². The van der Waals surface area contributed by atoms with Crippen molar-refractivity contribution < 1.29 is 8.42 Å². The third-order valence-electron chi connectivity index (χ3n) is 2.13. The van der Waals surface area contributed by atoms with Gasteiger partial charge >= 0.3 is 0 Å². The molecule has 2 heterocycles. The Morgan fingerprint density at radius 1 is 1.39 bits per heavy atom. The summed E-state index contributed by atoms with van der Waals surface area (Å²) in [5, 5.41) is 9.19. The number of thiophene rings is 1. The van der Waals surface area contributed by atoms with E-state index in [-0.39, 0.29) is 15.1 Å².